The van der Waals surface area contributed by atoms with E-state index in [-0.39, 0.29) is 23.1 Å². The topological polar surface area (TPSA) is 110 Å². The fourth-order valence-corrected chi connectivity index (χ4v) is 2.71. The van der Waals surface area contributed by atoms with Gasteiger partial charge in [0.05, 0.1) is 10.6 Å². The highest BCUT2D eigenvalue weighted by Gasteiger charge is 2.24. The van der Waals surface area contributed by atoms with Gasteiger partial charge < -0.3 is 10.6 Å². The third-order valence-electron chi connectivity index (χ3n) is 3.74. The zero-order valence-electron chi connectivity index (χ0n) is 14.4. The van der Waals surface area contributed by atoms with E-state index in [9.17, 15) is 19.3 Å². The van der Waals surface area contributed by atoms with Crippen LogP contribution in [-0.2, 0) is 0 Å². The van der Waals surface area contributed by atoms with Crippen molar-refractivity contribution in [2.75, 3.05) is 10.6 Å². The molecule has 2 aromatic carbocycles. The predicted octanol–water partition coefficient (Wildman–Crippen LogP) is 4.98. The smallest absolute Gasteiger partial charge is 0.334 e. The number of hydrogen-bond donors (Lipinski definition) is 2. The molecule has 0 spiro atoms. The number of nitro groups is 1. The molecule has 0 bridgehead atoms. The van der Waals surface area contributed by atoms with Crippen LogP contribution in [-0.4, -0.2) is 20.7 Å². The SMILES string of the molecule is CC(=O)c1ccc(Nc2ncnc(Nc3ccc(Br)cc3F)c2[N+](=O)[O-])cc1. The average Bonchev–Trinajstić information content (AvgIpc) is 2.64. The maximum atomic E-state index is 14.1. The van der Waals surface area contributed by atoms with Crippen LogP contribution < -0.4 is 10.6 Å². The molecule has 0 amide bonds. The van der Waals surface area contributed by atoms with E-state index in [1.807, 2.05) is 0 Å². The molecule has 0 unspecified atom stereocenters. The number of nitrogens with zero attached hydrogens (tertiary/aromatic N) is 3. The Morgan fingerprint density at radius 1 is 1.11 bits per heavy atom. The molecule has 0 aliphatic heterocycles. The van der Waals surface area contributed by atoms with E-state index in [1.165, 1.54) is 19.1 Å². The molecule has 142 valence electrons. The molecule has 0 radical (unpaired) electrons. The minimum atomic E-state index is -0.661. The molecular weight excluding hydrogens is 433 g/mol. The van der Waals surface area contributed by atoms with Gasteiger partial charge in [-0.25, -0.2) is 14.4 Å². The van der Waals surface area contributed by atoms with Crippen LogP contribution in [0.15, 0.2) is 53.3 Å². The lowest BCUT2D eigenvalue weighted by Crippen LogP contribution is -2.06. The van der Waals surface area contributed by atoms with E-state index in [0.717, 1.165) is 6.33 Å². The standard InChI is InChI=1S/C18H13BrFN5O3/c1-10(26)11-2-5-13(6-3-11)23-17-16(25(27)28)18(22-9-21-17)24-15-7-4-12(19)8-14(15)20/h2-9H,1H3,(H2,21,22,23,24). The second-order valence-corrected chi connectivity index (χ2v) is 6.60. The summed E-state index contributed by atoms with van der Waals surface area (Å²) < 4.78 is 14.6. The molecule has 2 N–H and O–H groups in total. The van der Waals surface area contributed by atoms with Gasteiger partial charge in [0.25, 0.3) is 0 Å². The first-order valence-electron chi connectivity index (χ1n) is 7.94. The molecule has 0 aliphatic rings. The lowest BCUT2D eigenvalue weighted by Gasteiger charge is -2.11. The number of benzene rings is 2. The Morgan fingerprint density at radius 2 is 1.75 bits per heavy atom. The van der Waals surface area contributed by atoms with Crippen LogP contribution in [0.1, 0.15) is 17.3 Å². The van der Waals surface area contributed by atoms with Crippen molar-refractivity contribution < 1.29 is 14.1 Å². The number of ketones is 1. The van der Waals surface area contributed by atoms with Gasteiger partial charge in [0, 0.05) is 15.7 Å². The second-order valence-electron chi connectivity index (χ2n) is 5.68. The van der Waals surface area contributed by atoms with Crippen molar-refractivity contribution in [1.29, 1.82) is 0 Å². The summed E-state index contributed by atoms with van der Waals surface area (Å²) in [5.41, 5.74) is 0.589. The monoisotopic (exact) mass is 445 g/mol. The van der Waals surface area contributed by atoms with Gasteiger partial charge in [-0.3, -0.25) is 14.9 Å². The molecule has 0 aliphatic carbocycles. The molecule has 1 aromatic heterocycles. The van der Waals surface area contributed by atoms with Crippen molar-refractivity contribution >= 4 is 50.4 Å². The highest BCUT2D eigenvalue weighted by atomic mass is 79.9. The number of nitrogens with one attached hydrogen (secondary N) is 2. The fraction of sp³-hybridized carbons (Fsp3) is 0.0556. The third kappa shape index (κ3) is 4.29. The molecule has 1 heterocycles. The van der Waals surface area contributed by atoms with E-state index in [4.69, 9.17) is 0 Å². The summed E-state index contributed by atoms with van der Waals surface area (Å²) in [5, 5.41) is 17.1. The molecule has 0 saturated carbocycles. The highest BCUT2D eigenvalue weighted by Crippen LogP contribution is 2.34. The first-order valence-corrected chi connectivity index (χ1v) is 8.74. The summed E-state index contributed by atoms with van der Waals surface area (Å²) in [7, 11) is 0. The van der Waals surface area contributed by atoms with E-state index in [1.54, 1.807) is 30.3 Å². The van der Waals surface area contributed by atoms with Crippen LogP contribution in [0.4, 0.5) is 33.1 Å². The lowest BCUT2D eigenvalue weighted by atomic mass is 10.1. The molecule has 0 atom stereocenters. The van der Waals surface area contributed by atoms with Gasteiger partial charge in [0.2, 0.25) is 11.6 Å². The second kappa shape index (κ2) is 8.09. The normalized spacial score (nSPS) is 10.4. The van der Waals surface area contributed by atoms with Crippen LogP contribution in [0.5, 0.6) is 0 Å². The Hall–Kier alpha value is -3.40. The van der Waals surface area contributed by atoms with E-state index < -0.39 is 16.4 Å². The molecular formula is C18H13BrFN5O3. The Kier molecular flexibility index (Phi) is 5.59. The number of aromatic nitrogens is 2. The number of hydrogen-bond acceptors (Lipinski definition) is 7. The van der Waals surface area contributed by atoms with Crippen molar-refractivity contribution in [3.8, 4) is 0 Å². The number of halogens is 2. The first-order chi connectivity index (χ1) is 13.3. The first kappa shape index (κ1) is 19.4. The maximum absolute atomic E-state index is 14.1. The minimum absolute atomic E-state index is 0.0294. The number of anilines is 4. The quantitative estimate of drug-likeness (QED) is 0.312. The van der Waals surface area contributed by atoms with E-state index in [0.29, 0.717) is 15.7 Å². The van der Waals surface area contributed by atoms with E-state index >= 15 is 0 Å². The maximum Gasteiger partial charge on any atom is 0.353 e. The van der Waals surface area contributed by atoms with Crippen LogP contribution in [0.3, 0.4) is 0 Å². The lowest BCUT2D eigenvalue weighted by molar-refractivity contribution is -0.383. The van der Waals surface area contributed by atoms with Crippen LogP contribution >= 0.6 is 15.9 Å². The zero-order valence-corrected chi connectivity index (χ0v) is 16.0. The summed E-state index contributed by atoms with van der Waals surface area (Å²) >= 11 is 3.15. The van der Waals surface area contributed by atoms with Crippen molar-refractivity contribution in [3.05, 3.63) is 74.8 Å². The Balaban J connectivity index is 1.95. The molecule has 3 aromatic rings. The van der Waals surface area contributed by atoms with Crippen LogP contribution in [0, 0.1) is 15.9 Å². The van der Waals surface area contributed by atoms with Gasteiger partial charge in [-0.05, 0) is 49.4 Å². The molecule has 0 fully saturated rings. The summed E-state index contributed by atoms with van der Waals surface area (Å²) in [4.78, 5) is 30.1. The highest BCUT2D eigenvalue weighted by molar-refractivity contribution is 9.10. The largest absolute Gasteiger partial charge is 0.353 e. The van der Waals surface area contributed by atoms with Gasteiger partial charge in [-0.15, -0.1) is 0 Å². The molecule has 10 heteroatoms. The van der Waals surface area contributed by atoms with Crippen molar-refractivity contribution in [2.45, 2.75) is 6.92 Å². The Morgan fingerprint density at radius 3 is 2.32 bits per heavy atom. The molecule has 3 rings (SSSR count). The zero-order chi connectivity index (χ0) is 20.3. The predicted molar refractivity (Wildman–Crippen MR) is 106 cm³/mol. The fourth-order valence-electron chi connectivity index (χ4n) is 2.38. The summed E-state index contributed by atoms with van der Waals surface area (Å²) in [6.07, 6.45) is 1.12. The van der Waals surface area contributed by atoms with Gasteiger partial charge in [0.1, 0.15) is 12.1 Å². The average molecular weight is 446 g/mol. The molecule has 28 heavy (non-hydrogen) atoms. The number of Topliss-reactive ketones (excluding diaryl/α,β-unsaturated/α-hetero) is 1. The molecule has 8 nitrogen and oxygen atoms in total. The van der Waals surface area contributed by atoms with Gasteiger partial charge in [0.15, 0.2) is 5.78 Å². The number of carbonyl (C=O) groups is 1. The van der Waals surface area contributed by atoms with Gasteiger partial charge >= 0.3 is 5.69 Å². The molecule has 0 saturated heterocycles. The summed E-state index contributed by atoms with van der Waals surface area (Å²) in [6, 6.07) is 10.6. The third-order valence-corrected chi connectivity index (χ3v) is 4.24. The van der Waals surface area contributed by atoms with Crippen molar-refractivity contribution in [3.63, 3.8) is 0 Å². The minimum Gasteiger partial charge on any atom is -0.334 e. The van der Waals surface area contributed by atoms with E-state index in [2.05, 4.69) is 36.5 Å². The number of rotatable bonds is 6. The van der Waals surface area contributed by atoms with Gasteiger partial charge in [-0.1, -0.05) is 15.9 Å². The van der Waals surface area contributed by atoms with Crippen molar-refractivity contribution in [1.82, 2.24) is 9.97 Å². The van der Waals surface area contributed by atoms with Crippen LogP contribution in [0.2, 0.25) is 0 Å². The summed E-state index contributed by atoms with van der Waals surface area (Å²) in [5.74, 6) is -0.932. The van der Waals surface area contributed by atoms with Crippen LogP contribution in [0.25, 0.3) is 0 Å². The summed E-state index contributed by atoms with van der Waals surface area (Å²) in [6.45, 7) is 1.44. The Labute approximate surface area is 167 Å². The Bertz CT molecular complexity index is 1060. The van der Waals surface area contributed by atoms with Gasteiger partial charge in [-0.2, -0.15) is 0 Å². The number of carbonyl (C=O) groups excluding carboxylic acids is 1. The van der Waals surface area contributed by atoms with Crippen molar-refractivity contribution in [2.24, 2.45) is 0 Å².